The van der Waals surface area contributed by atoms with Crippen LogP contribution in [-0.2, 0) is 11.3 Å². The monoisotopic (exact) mass is 372 g/mol. The molecule has 0 N–H and O–H groups in total. The molecular formula is C21H32N4O2. The minimum Gasteiger partial charge on any atom is -0.339 e. The van der Waals surface area contributed by atoms with E-state index in [1.807, 2.05) is 24.8 Å². The van der Waals surface area contributed by atoms with Crippen LogP contribution in [0.15, 0.2) is 6.07 Å². The summed E-state index contributed by atoms with van der Waals surface area (Å²) < 4.78 is 1.78. The van der Waals surface area contributed by atoms with Gasteiger partial charge in [-0.15, -0.1) is 0 Å². The number of likely N-dealkylation sites (tertiary alicyclic amines) is 2. The molecule has 1 aromatic rings. The highest BCUT2D eigenvalue weighted by atomic mass is 16.2. The highest BCUT2D eigenvalue weighted by molar-refractivity contribution is 5.94. The average Bonchev–Trinajstić information content (AvgIpc) is 3.28. The van der Waals surface area contributed by atoms with E-state index in [2.05, 4.69) is 10.00 Å². The second-order valence-corrected chi connectivity index (χ2v) is 8.64. The number of amides is 2. The van der Waals surface area contributed by atoms with Gasteiger partial charge in [-0.3, -0.25) is 14.3 Å². The molecule has 3 heterocycles. The van der Waals surface area contributed by atoms with Gasteiger partial charge < -0.3 is 9.80 Å². The topological polar surface area (TPSA) is 58.4 Å². The molecule has 1 spiro atoms. The number of aromatic nitrogens is 2. The smallest absolute Gasteiger partial charge is 0.272 e. The van der Waals surface area contributed by atoms with Crippen LogP contribution in [-0.4, -0.2) is 57.1 Å². The number of carbonyl (C=O) groups is 2. The summed E-state index contributed by atoms with van der Waals surface area (Å²) in [7, 11) is 0. The molecule has 2 saturated heterocycles. The summed E-state index contributed by atoms with van der Waals surface area (Å²) in [6.07, 6.45) is 8.88. The molecule has 6 heteroatoms. The van der Waals surface area contributed by atoms with Crippen molar-refractivity contribution in [2.75, 3.05) is 19.6 Å². The third-order valence-electron chi connectivity index (χ3n) is 6.85. The highest BCUT2D eigenvalue weighted by Crippen LogP contribution is 2.42. The first-order chi connectivity index (χ1) is 13.0. The lowest BCUT2D eigenvalue weighted by Crippen LogP contribution is -2.54. The van der Waals surface area contributed by atoms with Crippen molar-refractivity contribution in [1.29, 1.82) is 0 Å². The average molecular weight is 373 g/mol. The summed E-state index contributed by atoms with van der Waals surface area (Å²) in [4.78, 5) is 30.6. The van der Waals surface area contributed by atoms with Gasteiger partial charge in [-0.05, 0) is 52.0 Å². The predicted molar refractivity (Wildman–Crippen MR) is 103 cm³/mol. The standard InChI is InChI=1S/C21H32N4O2/c1-3-25-18(14-16(2)22-25)19(26)23-13-11-21(15-23)10-7-12-24(20(21)27)17-8-5-4-6-9-17/h14,17H,3-13,15H2,1-2H3/t21-/m1/s1. The van der Waals surface area contributed by atoms with Gasteiger partial charge in [0.25, 0.3) is 5.91 Å². The van der Waals surface area contributed by atoms with Gasteiger partial charge in [0.2, 0.25) is 5.91 Å². The molecule has 1 aromatic heterocycles. The Balaban J connectivity index is 1.50. The van der Waals surface area contributed by atoms with E-state index in [4.69, 9.17) is 0 Å². The fourth-order valence-electron chi connectivity index (χ4n) is 5.39. The summed E-state index contributed by atoms with van der Waals surface area (Å²) in [6.45, 7) is 6.75. The Morgan fingerprint density at radius 3 is 2.70 bits per heavy atom. The van der Waals surface area contributed by atoms with Gasteiger partial charge in [-0.2, -0.15) is 5.10 Å². The first-order valence-corrected chi connectivity index (χ1v) is 10.7. The van der Waals surface area contributed by atoms with Crippen molar-refractivity contribution < 1.29 is 9.59 Å². The van der Waals surface area contributed by atoms with E-state index in [9.17, 15) is 9.59 Å². The largest absolute Gasteiger partial charge is 0.339 e. The minimum atomic E-state index is -0.350. The number of nitrogens with zero attached hydrogens (tertiary/aromatic N) is 4. The van der Waals surface area contributed by atoms with Gasteiger partial charge in [0.1, 0.15) is 5.69 Å². The maximum Gasteiger partial charge on any atom is 0.272 e. The van der Waals surface area contributed by atoms with Crippen molar-refractivity contribution in [3.8, 4) is 0 Å². The minimum absolute atomic E-state index is 0.0249. The van der Waals surface area contributed by atoms with Crippen molar-refractivity contribution >= 4 is 11.8 Å². The van der Waals surface area contributed by atoms with Gasteiger partial charge in [0.15, 0.2) is 0 Å². The Hall–Kier alpha value is -1.85. The van der Waals surface area contributed by atoms with E-state index < -0.39 is 0 Å². The van der Waals surface area contributed by atoms with E-state index in [-0.39, 0.29) is 11.3 Å². The molecule has 148 valence electrons. The molecule has 1 atom stereocenters. The Morgan fingerprint density at radius 2 is 1.96 bits per heavy atom. The van der Waals surface area contributed by atoms with E-state index in [1.165, 1.54) is 19.3 Å². The van der Waals surface area contributed by atoms with Crippen LogP contribution >= 0.6 is 0 Å². The van der Waals surface area contributed by atoms with Crippen LogP contribution in [0.3, 0.4) is 0 Å². The molecule has 1 aliphatic carbocycles. The molecule has 3 aliphatic rings. The lowest BCUT2D eigenvalue weighted by molar-refractivity contribution is -0.149. The number of piperidine rings is 1. The van der Waals surface area contributed by atoms with Crippen molar-refractivity contribution in [2.24, 2.45) is 5.41 Å². The molecule has 0 bridgehead atoms. The molecule has 27 heavy (non-hydrogen) atoms. The van der Waals surface area contributed by atoms with Crippen LogP contribution in [0.25, 0.3) is 0 Å². The van der Waals surface area contributed by atoms with Crippen molar-refractivity contribution in [3.63, 3.8) is 0 Å². The first-order valence-electron chi connectivity index (χ1n) is 10.7. The van der Waals surface area contributed by atoms with Gasteiger partial charge in [0, 0.05) is 32.2 Å². The number of aryl methyl sites for hydroxylation is 2. The first kappa shape index (κ1) is 18.5. The fraction of sp³-hybridized carbons (Fsp3) is 0.762. The molecule has 3 fully saturated rings. The van der Waals surface area contributed by atoms with Crippen LogP contribution in [0.1, 0.15) is 74.5 Å². The SMILES string of the molecule is CCn1nc(C)cc1C(=O)N1CC[C@]2(CCCN(C3CCCCC3)C2=O)C1. The lowest BCUT2D eigenvalue weighted by Gasteiger charge is -2.44. The van der Waals surface area contributed by atoms with Crippen LogP contribution in [0, 0.1) is 12.3 Å². The molecular weight excluding hydrogens is 340 g/mol. The van der Waals surface area contributed by atoms with Crippen LogP contribution in [0.4, 0.5) is 0 Å². The van der Waals surface area contributed by atoms with E-state index in [0.717, 1.165) is 44.3 Å². The van der Waals surface area contributed by atoms with E-state index in [0.29, 0.717) is 37.3 Å². The quantitative estimate of drug-likeness (QED) is 0.819. The third kappa shape index (κ3) is 3.27. The molecule has 6 nitrogen and oxygen atoms in total. The third-order valence-corrected chi connectivity index (χ3v) is 6.85. The maximum atomic E-state index is 13.5. The number of hydrogen-bond acceptors (Lipinski definition) is 3. The highest BCUT2D eigenvalue weighted by Gasteiger charge is 2.50. The van der Waals surface area contributed by atoms with Crippen molar-refractivity contribution in [2.45, 2.75) is 77.8 Å². The molecule has 4 rings (SSSR count). The van der Waals surface area contributed by atoms with E-state index >= 15 is 0 Å². The second-order valence-electron chi connectivity index (χ2n) is 8.64. The van der Waals surface area contributed by atoms with Gasteiger partial charge in [-0.25, -0.2) is 0 Å². The Kier molecular flexibility index (Phi) is 4.99. The summed E-state index contributed by atoms with van der Waals surface area (Å²) in [6, 6.07) is 2.30. The molecule has 0 aromatic carbocycles. The number of carbonyl (C=O) groups excluding carboxylic acids is 2. The Bertz CT molecular complexity index is 722. The maximum absolute atomic E-state index is 13.5. The molecule has 0 radical (unpaired) electrons. The molecule has 2 amide bonds. The fourth-order valence-corrected chi connectivity index (χ4v) is 5.39. The molecule has 2 aliphatic heterocycles. The number of hydrogen-bond donors (Lipinski definition) is 0. The van der Waals surface area contributed by atoms with Gasteiger partial charge in [-0.1, -0.05) is 19.3 Å². The molecule has 0 unspecified atom stereocenters. The summed E-state index contributed by atoms with van der Waals surface area (Å²) in [5.41, 5.74) is 1.17. The van der Waals surface area contributed by atoms with Gasteiger partial charge in [0.05, 0.1) is 11.1 Å². The number of rotatable bonds is 3. The normalized spacial score (nSPS) is 27.0. The van der Waals surface area contributed by atoms with Crippen molar-refractivity contribution in [3.05, 3.63) is 17.5 Å². The second kappa shape index (κ2) is 7.28. The zero-order chi connectivity index (χ0) is 19.0. The van der Waals surface area contributed by atoms with Crippen LogP contribution in [0.2, 0.25) is 0 Å². The molecule has 1 saturated carbocycles. The van der Waals surface area contributed by atoms with Crippen molar-refractivity contribution in [1.82, 2.24) is 19.6 Å². The van der Waals surface area contributed by atoms with Crippen LogP contribution < -0.4 is 0 Å². The van der Waals surface area contributed by atoms with Crippen LogP contribution in [0.5, 0.6) is 0 Å². The van der Waals surface area contributed by atoms with Gasteiger partial charge >= 0.3 is 0 Å². The summed E-state index contributed by atoms with van der Waals surface area (Å²) in [5, 5.41) is 4.41. The zero-order valence-corrected chi connectivity index (χ0v) is 16.7. The Labute approximate surface area is 161 Å². The summed E-state index contributed by atoms with van der Waals surface area (Å²) >= 11 is 0. The predicted octanol–water partition coefficient (Wildman–Crippen LogP) is 3.00. The summed E-state index contributed by atoms with van der Waals surface area (Å²) in [5.74, 6) is 0.341. The zero-order valence-electron chi connectivity index (χ0n) is 16.7. The lowest BCUT2D eigenvalue weighted by atomic mass is 9.77. The van der Waals surface area contributed by atoms with E-state index in [1.54, 1.807) is 4.68 Å². The Morgan fingerprint density at radius 1 is 1.19 bits per heavy atom.